The fraction of sp³-hybridized carbons (Fsp3) is 0.917. The lowest BCUT2D eigenvalue weighted by molar-refractivity contribution is -0.296. The minimum Gasteiger partial charge on any atom is -0.481 e. The summed E-state index contributed by atoms with van der Waals surface area (Å²) in [7, 11) is 0. The van der Waals surface area contributed by atoms with Crippen LogP contribution in [-0.2, 0) is 14.3 Å². The summed E-state index contributed by atoms with van der Waals surface area (Å²) in [5, 5.41) is 37.6. The van der Waals surface area contributed by atoms with Gasteiger partial charge in [0.05, 0.1) is 12.5 Å². The van der Waals surface area contributed by atoms with Gasteiger partial charge in [0.15, 0.2) is 6.29 Å². The number of aliphatic hydroxyl groups is 3. The monoisotopic (exact) mass is 310 g/mol. The first-order valence-electron chi connectivity index (χ1n) is 6.55. The standard InChI is InChI=1S/C12H22O7S/c1-3-8(20-5-4-7(13)14)19-12-11(17)10(16)9(15)6(2)18-12/h6,8-12,15-17H,3-5H2,1-2H3,(H,13,14)/t6-,8?,9+,10+,11-,12-/m0/s1. The molecule has 0 aromatic rings. The average Bonchev–Trinajstić information content (AvgIpc) is 2.40. The Morgan fingerprint density at radius 3 is 2.50 bits per heavy atom. The summed E-state index contributed by atoms with van der Waals surface area (Å²) in [5.74, 6) is -0.495. The molecule has 8 heteroatoms. The van der Waals surface area contributed by atoms with E-state index in [2.05, 4.69) is 0 Å². The minimum absolute atomic E-state index is 0.0242. The molecule has 0 radical (unpaired) electrons. The topological polar surface area (TPSA) is 116 Å². The van der Waals surface area contributed by atoms with Gasteiger partial charge in [-0.2, -0.15) is 0 Å². The molecule has 0 bridgehead atoms. The van der Waals surface area contributed by atoms with Crippen LogP contribution in [0.15, 0.2) is 0 Å². The number of ether oxygens (including phenoxy) is 2. The highest BCUT2D eigenvalue weighted by Crippen LogP contribution is 2.26. The fourth-order valence-corrected chi connectivity index (χ4v) is 2.79. The van der Waals surface area contributed by atoms with Gasteiger partial charge in [0.25, 0.3) is 0 Å². The summed E-state index contributed by atoms with van der Waals surface area (Å²) in [5.41, 5.74) is -0.344. The predicted molar refractivity (Wildman–Crippen MR) is 72.2 cm³/mol. The van der Waals surface area contributed by atoms with E-state index in [0.29, 0.717) is 12.2 Å². The third kappa shape index (κ3) is 4.87. The molecule has 6 atom stereocenters. The lowest BCUT2D eigenvalue weighted by Crippen LogP contribution is -2.57. The number of rotatable bonds is 7. The van der Waals surface area contributed by atoms with E-state index in [1.807, 2.05) is 6.92 Å². The summed E-state index contributed by atoms with van der Waals surface area (Å²) in [4.78, 5) is 10.5. The van der Waals surface area contributed by atoms with Gasteiger partial charge in [-0.15, -0.1) is 11.8 Å². The molecule has 20 heavy (non-hydrogen) atoms. The van der Waals surface area contributed by atoms with Gasteiger partial charge < -0.3 is 29.9 Å². The highest BCUT2D eigenvalue weighted by atomic mass is 32.2. The number of aliphatic hydroxyl groups excluding tert-OH is 3. The fourth-order valence-electron chi connectivity index (χ4n) is 1.81. The first-order valence-corrected chi connectivity index (χ1v) is 7.60. The lowest BCUT2D eigenvalue weighted by Gasteiger charge is -2.40. The Bertz CT molecular complexity index is 314. The molecule has 1 fully saturated rings. The quantitative estimate of drug-likeness (QED) is 0.477. The molecule has 1 unspecified atom stereocenters. The van der Waals surface area contributed by atoms with E-state index < -0.39 is 36.7 Å². The van der Waals surface area contributed by atoms with Crippen LogP contribution in [0, 0.1) is 0 Å². The number of carboxylic acid groups (broad SMARTS) is 1. The molecular weight excluding hydrogens is 288 g/mol. The van der Waals surface area contributed by atoms with Crippen molar-refractivity contribution in [3.63, 3.8) is 0 Å². The van der Waals surface area contributed by atoms with Crippen molar-refractivity contribution in [2.24, 2.45) is 0 Å². The summed E-state index contributed by atoms with van der Waals surface area (Å²) < 4.78 is 10.9. The highest BCUT2D eigenvalue weighted by molar-refractivity contribution is 7.99. The Balaban J connectivity index is 2.49. The maximum absolute atomic E-state index is 10.5. The van der Waals surface area contributed by atoms with Crippen LogP contribution in [-0.4, -0.2) is 68.3 Å². The lowest BCUT2D eigenvalue weighted by atomic mass is 10.0. The largest absolute Gasteiger partial charge is 0.481 e. The molecule has 0 aromatic carbocycles. The zero-order valence-electron chi connectivity index (χ0n) is 11.5. The van der Waals surface area contributed by atoms with Crippen LogP contribution < -0.4 is 0 Å². The van der Waals surface area contributed by atoms with Crippen molar-refractivity contribution in [1.82, 2.24) is 0 Å². The number of thioether (sulfide) groups is 1. The van der Waals surface area contributed by atoms with E-state index in [1.54, 1.807) is 6.92 Å². The zero-order valence-corrected chi connectivity index (χ0v) is 12.3. The Morgan fingerprint density at radius 2 is 1.95 bits per heavy atom. The second-order valence-electron chi connectivity index (χ2n) is 4.67. The van der Waals surface area contributed by atoms with E-state index in [0.717, 1.165) is 0 Å². The van der Waals surface area contributed by atoms with E-state index in [4.69, 9.17) is 14.6 Å². The molecule has 1 aliphatic rings. The van der Waals surface area contributed by atoms with Crippen LogP contribution in [0.2, 0.25) is 0 Å². The van der Waals surface area contributed by atoms with Crippen molar-refractivity contribution in [2.45, 2.75) is 62.8 Å². The van der Waals surface area contributed by atoms with Crippen LogP contribution >= 0.6 is 11.8 Å². The predicted octanol–water partition coefficient (Wildman–Crippen LogP) is -0.226. The summed E-state index contributed by atoms with van der Waals surface area (Å²) in [6, 6.07) is 0. The highest BCUT2D eigenvalue weighted by Gasteiger charge is 2.43. The number of hydrogen-bond acceptors (Lipinski definition) is 7. The van der Waals surface area contributed by atoms with Gasteiger partial charge in [0, 0.05) is 5.75 Å². The average molecular weight is 310 g/mol. The van der Waals surface area contributed by atoms with Gasteiger partial charge in [-0.25, -0.2) is 0 Å². The second kappa shape index (κ2) is 8.16. The van der Waals surface area contributed by atoms with Gasteiger partial charge >= 0.3 is 5.97 Å². The SMILES string of the molecule is CCC(O[C@@H]1O[C@@H](C)[C@@H](O)[C@@H](O)[C@@H]1O)SCCC(=O)O. The molecule has 0 spiro atoms. The van der Waals surface area contributed by atoms with E-state index >= 15 is 0 Å². The summed E-state index contributed by atoms with van der Waals surface area (Å²) in [6.45, 7) is 3.44. The maximum atomic E-state index is 10.5. The van der Waals surface area contributed by atoms with Crippen molar-refractivity contribution < 1.29 is 34.7 Å². The van der Waals surface area contributed by atoms with Crippen LogP contribution in [0.25, 0.3) is 0 Å². The second-order valence-corrected chi connectivity index (χ2v) is 5.94. The molecule has 1 saturated heterocycles. The molecule has 0 amide bonds. The van der Waals surface area contributed by atoms with Crippen molar-refractivity contribution in [1.29, 1.82) is 0 Å². The molecule has 0 saturated carbocycles. The third-order valence-corrected chi connectivity index (χ3v) is 4.30. The van der Waals surface area contributed by atoms with Crippen LogP contribution in [0.5, 0.6) is 0 Å². The number of aliphatic carboxylic acids is 1. The zero-order chi connectivity index (χ0) is 15.3. The Hall–Kier alpha value is -0.380. The van der Waals surface area contributed by atoms with Crippen molar-refractivity contribution in [3.8, 4) is 0 Å². The molecule has 118 valence electrons. The van der Waals surface area contributed by atoms with Gasteiger partial charge in [-0.1, -0.05) is 6.92 Å². The van der Waals surface area contributed by atoms with Crippen LogP contribution in [0.3, 0.4) is 0 Å². The van der Waals surface area contributed by atoms with Gasteiger partial charge in [0.2, 0.25) is 0 Å². The Labute approximate surface area is 121 Å². The summed E-state index contributed by atoms with van der Waals surface area (Å²) >= 11 is 1.31. The van der Waals surface area contributed by atoms with Crippen molar-refractivity contribution >= 4 is 17.7 Å². The van der Waals surface area contributed by atoms with Crippen LogP contribution in [0.1, 0.15) is 26.7 Å². The smallest absolute Gasteiger partial charge is 0.304 e. The van der Waals surface area contributed by atoms with Gasteiger partial charge in [-0.05, 0) is 13.3 Å². The Kier molecular flexibility index (Phi) is 7.21. The summed E-state index contributed by atoms with van der Waals surface area (Å²) in [6.07, 6.45) is -4.89. The number of carboxylic acids is 1. The molecule has 7 nitrogen and oxygen atoms in total. The number of hydrogen-bond donors (Lipinski definition) is 4. The first kappa shape index (κ1) is 17.7. The molecule has 1 heterocycles. The van der Waals surface area contributed by atoms with Gasteiger partial charge in [0.1, 0.15) is 23.7 Å². The molecule has 0 aliphatic carbocycles. The van der Waals surface area contributed by atoms with E-state index in [9.17, 15) is 20.1 Å². The number of carbonyl (C=O) groups is 1. The van der Waals surface area contributed by atoms with Crippen molar-refractivity contribution in [2.75, 3.05) is 5.75 Å². The maximum Gasteiger partial charge on any atom is 0.304 e. The molecule has 1 aliphatic heterocycles. The van der Waals surface area contributed by atoms with Crippen molar-refractivity contribution in [3.05, 3.63) is 0 Å². The first-order chi connectivity index (χ1) is 9.36. The minimum atomic E-state index is -1.34. The normalized spacial score (nSPS) is 35.8. The molecule has 0 aromatic heterocycles. The van der Waals surface area contributed by atoms with Gasteiger partial charge in [-0.3, -0.25) is 4.79 Å². The van der Waals surface area contributed by atoms with E-state index in [1.165, 1.54) is 11.8 Å². The Morgan fingerprint density at radius 1 is 1.30 bits per heavy atom. The third-order valence-electron chi connectivity index (χ3n) is 3.05. The molecule has 4 N–H and O–H groups in total. The van der Waals surface area contributed by atoms with Crippen LogP contribution in [0.4, 0.5) is 0 Å². The molecular formula is C12H22O7S. The molecule has 1 rings (SSSR count). The van der Waals surface area contributed by atoms with E-state index in [-0.39, 0.29) is 11.9 Å².